The molecule has 4 heteroatoms. The van der Waals surface area contributed by atoms with Crippen molar-refractivity contribution in [2.45, 2.75) is 18.7 Å². The summed E-state index contributed by atoms with van der Waals surface area (Å²) in [5, 5.41) is 0. The van der Waals surface area contributed by atoms with Gasteiger partial charge in [-0.3, -0.25) is 0 Å². The smallest absolute Gasteiger partial charge is 0.178 e. The number of sulfone groups is 1. The summed E-state index contributed by atoms with van der Waals surface area (Å²) in [6, 6.07) is 6.31. The number of hydrogen-bond acceptors (Lipinski definition) is 3. The van der Waals surface area contributed by atoms with E-state index in [2.05, 4.69) is 0 Å². The Balaban J connectivity index is 2.99. The lowest BCUT2D eigenvalue weighted by Gasteiger charge is -2.06. The maximum Gasteiger partial charge on any atom is 0.178 e. The molecule has 1 aromatic rings. The second-order valence-corrected chi connectivity index (χ2v) is 5.78. The van der Waals surface area contributed by atoms with Crippen molar-refractivity contribution >= 4 is 15.5 Å². The third kappa shape index (κ3) is 2.73. The minimum Gasteiger partial charge on any atom is -0.399 e. The molecule has 0 amide bonds. The van der Waals surface area contributed by atoms with Gasteiger partial charge in [0.2, 0.25) is 0 Å². The molecule has 0 aromatic heterocycles. The minimum absolute atomic E-state index is 0.137. The van der Waals surface area contributed by atoms with E-state index in [0.717, 1.165) is 0 Å². The molecule has 0 aliphatic heterocycles. The third-order valence-corrected chi connectivity index (χ3v) is 3.89. The van der Waals surface area contributed by atoms with Crippen LogP contribution in [0.4, 0.5) is 5.69 Å². The highest BCUT2D eigenvalue weighted by molar-refractivity contribution is 7.91. The van der Waals surface area contributed by atoms with Gasteiger partial charge in [-0.1, -0.05) is 13.8 Å². The molecule has 0 bridgehead atoms. The fourth-order valence-corrected chi connectivity index (χ4v) is 2.83. The van der Waals surface area contributed by atoms with E-state index in [0.29, 0.717) is 10.6 Å². The van der Waals surface area contributed by atoms with Gasteiger partial charge in [0, 0.05) is 5.69 Å². The van der Waals surface area contributed by atoms with Crippen molar-refractivity contribution in [3.8, 4) is 0 Å². The highest BCUT2D eigenvalue weighted by Gasteiger charge is 2.15. The molecule has 1 rings (SSSR count). The van der Waals surface area contributed by atoms with Crippen LogP contribution in [-0.2, 0) is 9.84 Å². The zero-order valence-corrected chi connectivity index (χ0v) is 9.21. The molecule has 78 valence electrons. The topological polar surface area (TPSA) is 60.2 Å². The highest BCUT2D eigenvalue weighted by atomic mass is 32.2. The average Bonchev–Trinajstić information content (AvgIpc) is 2.02. The van der Waals surface area contributed by atoms with E-state index in [9.17, 15) is 8.42 Å². The molecule has 0 spiro atoms. The fourth-order valence-electron chi connectivity index (χ4n) is 1.21. The average molecular weight is 213 g/mol. The van der Waals surface area contributed by atoms with E-state index in [-0.39, 0.29) is 11.7 Å². The van der Waals surface area contributed by atoms with Crippen LogP contribution in [0.1, 0.15) is 13.8 Å². The lowest BCUT2D eigenvalue weighted by atomic mass is 10.3. The van der Waals surface area contributed by atoms with Gasteiger partial charge in [-0.2, -0.15) is 0 Å². The number of nitrogens with two attached hydrogens (primary N) is 1. The van der Waals surface area contributed by atoms with Crippen LogP contribution >= 0.6 is 0 Å². The monoisotopic (exact) mass is 213 g/mol. The zero-order chi connectivity index (χ0) is 10.8. The summed E-state index contributed by atoms with van der Waals surface area (Å²) in [6.07, 6.45) is 0. The van der Waals surface area contributed by atoms with Gasteiger partial charge in [-0.25, -0.2) is 8.42 Å². The molecular weight excluding hydrogens is 198 g/mol. The molecule has 0 saturated heterocycles. The standard InChI is InChI=1S/C10H15NO2S/c1-8(2)7-14(12,13)10-5-3-9(11)4-6-10/h3-6,8H,7,11H2,1-2H3. The van der Waals surface area contributed by atoms with Crippen molar-refractivity contribution in [2.75, 3.05) is 11.5 Å². The lowest BCUT2D eigenvalue weighted by molar-refractivity contribution is 0.582. The van der Waals surface area contributed by atoms with Crippen molar-refractivity contribution in [1.29, 1.82) is 0 Å². The Morgan fingerprint density at radius 3 is 2.14 bits per heavy atom. The first-order valence-electron chi connectivity index (χ1n) is 4.50. The normalized spacial score (nSPS) is 11.9. The Kier molecular flexibility index (Phi) is 3.16. The van der Waals surface area contributed by atoms with Crippen molar-refractivity contribution in [2.24, 2.45) is 5.92 Å². The van der Waals surface area contributed by atoms with Crippen LogP contribution in [0.3, 0.4) is 0 Å². The largest absolute Gasteiger partial charge is 0.399 e. The molecule has 2 N–H and O–H groups in total. The van der Waals surface area contributed by atoms with Crippen LogP contribution in [-0.4, -0.2) is 14.2 Å². The molecule has 0 unspecified atom stereocenters. The molecular formula is C10H15NO2S. The molecule has 0 heterocycles. The number of benzene rings is 1. The summed E-state index contributed by atoms with van der Waals surface area (Å²) in [5.41, 5.74) is 6.05. The number of anilines is 1. The summed E-state index contributed by atoms with van der Waals surface area (Å²) in [6.45, 7) is 3.77. The van der Waals surface area contributed by atoms with Crippen LogP contribution in [0.15, 0.2) is 29.2 Å². The molecule has 1 aromatic carbocycles. The van der Waals surface area contributed by atoms with Gasteiger partial charge >= 0.3 is 0 Å². The van der Waals surface area contributed by atoms with Crippen LogP contribution in [0, 0.1) is 5.92 Å². The van der Waals surface area contributed by atoms with Crippen LogP contribution in [0.2, 0.25) is 0 Å². The van der Waals surface area contributed by atoms with Crippen LogP contribution in [0.5, 0.6) is 0 Å². The predicted molar refractivity (Wildman–Crippen MR) is 57.7 cm³/mol. The quantitative estimate of drug-likeness (QED) is 0.777. The molecule has 14 heavy (non-hydrogen) atoms. The van der Waals surface area contributed by atoms with E-state index in [1.54, 1.807) is 24.3 Å². The van der Waals surface area contributed by atoms with Gasteiger partial charge in [-0.15, -0.1) is 0 Å². The number of hydrogen-bond donors (Lipinski definition) is 1. The van der Waals surface area contributed by atoms with Gasteiger partial charge in [0.1, 0.15) is 0 Å². The molecule has 0 atom stereocenters. The third-order valence-electron chi connectivity index (χ3n) is 1.79. The Morgan fingerprint density at radius 2 is 1.71 bits per heavy atom. The number of nitrogen functional groups attached to an aromatic ring is 1. The van der Waals surface area contributed by atoms with E-state index in [1.165, 1.54) is 0 Å². The Labute approximate surface area is 84.9 Å². The van der Waals surface area contributed by atoms with Crippen LogP contribution < -0.4 is 5.73 Å². The molecule has 3 nitrogen and oxygen atoms in total. The van der Waals surface area contributed by atoms with Gasteiger partial charge < -0.3 is 5.73 Å². The van der Waals surface area contributed by atoms with E-state index in [4.69, 9.17) is 5.73 Å². The summed E-state index contributed by atoms with van der Waals surface area (Å²) < 4.78 is 23.4. The van der Waals surface area contributed by atoms with E-state index < -0.39 is 9.84 Å². The second-order valence-electron chi connectivity index (χ2n) is 3.74. The lowest BCUT2D eigenvalue weighted by Crippen LogP contribution is -2.11. The number of rotatable bonds is 3. The summed E-state index contributed by atoms with van der Waals surface area (Å²) in [4.78, 5) is 0.348. The first kappa shape index (κ1) is 11.0. The summed E-state index contributed by atoms with van der Waals surface area (Å²) in [5.74, 6) is 0.314. The Morgan fingerprint density at radius 1 is 1.21 bits per heavy atom. The summed E-state index contributed by atoms with van der Waals surface area (Å²) >= 11 is 0. The first-order chi connectivity index (χ1) is 6.42. The van der Waals surface area contributed by atoms with Gasteiger partial charge in [0.05, 0.1) is 10.6 Å². The molecule has 0 saturated carbocycles. The maximum absolute atomic E-state index is 11.7. The van der Waals surface area contributed by atoms with Crippen molar-refractivity contribution in [3.05, 3.63) is 24.3 Å². The minimum atomic E-state index is -3.13. The molecule has 0 radical (unpaired) electrons. The highest BCUT2D eigenvalue weighted by Crippen LogP contribution is 2.15. The van der Waals surface area contributed by atoms with E-state index in [1.807, 2.05) is 13.8 Å². The maximum atomic E-state index is 11.7. The van der Waals surface area contributed by atoms with Gasteiger partial charge in [-0.05, 0) is 30.2 Å². The molecule has 0 aliphatic carbocycles. The molecule has 0 aliphatic rings. The van der Waals surface area contributed by atoms with Crippen LogP contribution in [0.25, 0.3) is 0 Å². The van der Waals surface area contributed by atoms with Gasteiger partial charge in [0.25, 0.3) is 0 Å². The Bertz CT molecular complexity index is 393. The van der Waals surface area contributed by atoms with Gasteiger partial charge in [0.15, 0.2) is 9.84 Å². The first-order valence-corrected chi connectivity index (χ1v) is 6.15. The van der Waals surface area contributed by atoms with Crippen molar-refractivity contribution in [3.63, 3.8) is 0 Å². The predicted octanol–water partition coefficient (Wildman–Crippen LogP) is 1.70. The second kappa shape index (κ2) is 4.00. The fraction of sp³-hybridized carbons (Fsp3) is 0.400. The molecule has 0 fully saturated rings. The van der Waals surface area contributed by atoms with Crippen molar-refractivity contribution in [1.82, 2.24) is 0 Å². The van der Waals surface area contributed by atoms with Crippen molar-refractivity contribution < 1.29 is 8.42 Å². The van der Waals surface area contributed by atoms with E-state index >= 15 is 0 Å². The Hall–Kier alpha value is -1.03. The summed E-state index contributed by atoms with van der Waals surface area (Å²) in [7, 11) is -3.13. The zero-order valence-electron chi connectivity index (χ0n) is 8.40. The SMILES string of the molecule is CC(C)CS(=O)(=O)c1ccc(N)cc1.